The molecule has 0 saturated heterocycles. The summed E-state index contributed by atoms with van der Waals surface area (Å²) in [6.45, 7) is 10.7. The van der Waals surface area contributed by atoms with Crippen LogP contribution < -0.4 is 10.6 Å². The molecule has 1 rings (SSSR count). The van der Waals surface area contributed by atoms with Crippen LogP contribution in [-0.2, 0) is 0 Å². The van der Waals surface area contributed by atoms with Crippen molar-refractivity contribution in [3.8, 4) is 0 Å². The van der Waals surface area contributed by atoms with E-state index in [-0.39, 0.29) is 5.91 Å². The van der Waals surface area contributed by atoms with Crippen molar-refractivity contribution >= 4 is 11.6 Å². The van der Waals surface area contributed by atoms with Crippen molar-refractivity contribution in [2.45, 2.75) is 33.7 Å². The first-order valence-electron chi connectivity index (χ1n) is 7.28. The summed E-state index contributed by atoms with van der Waals surface area (Å²) in [5.41, 5.74) is 2.77. The highest BCUT2D eigenvalue weighted by Crippen LogP contribution is 2.17. The summed E-state index contributed by atoms with van der Waals surface area (Å²) in [5, 5.41) is 6.23. The first-order valence-corrected chi connectivity index (χ1v) is 7.28. The van der Waals surface area contributed by atoms with Gasteiger partial charge in [0.2, 0.25) is 0 Å². The number of hydrogen-bond acceptors (Lipinski definition) is 3. The van der Waals surface area contributed by atoms with Crippen LogP contribution in [0.3, 0.4) is 0 Å². The summed E-state index contributed by atoms with van der Waals surface area (Å²) in [7, 11) is 2.06. The highest BCUT2D eigenvalue weighted by atomic mass is 16.1. The molecule has 0 aliphatic rings. The first-order chi connectivity index (χ1) is 9.45. The Labute approximate surface area is 122 Å². The lowest BCUT2D eigenvalue weighted by Gasteiger charge is -2.21. The van der Waals surface area contributed by atoms with Gasteiger partial charge in [-0.3, -0.25) is 4.79 Å². The van der Waals surface area contributed by atoms with Crippen LogP contribution in [0.1, 0.15) is 36.7 Å². The lowest BCUT2D eigenvalue weighted by Crippen LogP contribution is -2.36. The SMILES string of the molecule is CCNc1cc(C)ccc1C(=O)NCCN(C)C(C)C. The maximum atomic E-state index is 12.2. The van der Waals surface area contributed by atoms with Crippen molar-refractivity contribution in [1.82, 2.24) is 10.2 Å². The summed E-state index contributed by atoms with van der Waals surface area (Å²) in [4.78, 5) is 14.4. The molecule has 0 saturated carbocycles. The monoisotopic (exact) mass is 277 g/mol. The van der Waals surface area contributed by atoms with E-state index < -0.39 is 0 Å². The highest BCUT2D eigenvalue weighted by Gasteiger charge is 2.11. The molecule has 2 N–H and O–H groups in total. The second kappa shape index (κ2) is 7.90. The van der Waals surface area contributed by atoms with Crippen LogP contribution in [0.5, 0.6) is 0 Å². The summed E-state index contributed by atoms with van der Waals surface area (Å²) < 4.78 is 0. The van der Waals surface area contributed by atoms with Gasteiger partial charge in [-0.25, -0.2) is 0 Å². The zero-order valence-electron chi connectivity index (χ0n) is 13.3. The molecule has 1 aromatic carbocycles. The van der Waals surface area contributed by atoms with E-state index in [2.05, 4.69) is 36.4 Å². The maximum absolute atomic E-state index is 12.2. The van der Waals surface area contributed by atoms with Crippen LogP contribution in [0.2, 0.25) is 0 Å². The average molecular weight is 277 g/mol. The summed E-state index contributed by atoms with van der Waals surface area (Å²) in [6, 6.07) is 6.35. The van der Waals surface area contributed by atoms with E-state index in [4.69, 9.17) is 0 Å². The summed E-state index contributed by atoms with van der Waals surface area (Å²) >= 11 is 0. The van der Waals surface area contributed by atoms with Crippen molar-refractivity contribution < 1.29 is 4.79 Å². The van der Waals surface area contributed by atoms with E-state index in [0.717, 1.165) is 24.3 Å². The number of nitrogens with zero attached hydrogens (tertiary/aromatic N) is 1. The zero-order chi connectivity index (χ0) is 15.1. The molecule has 0 spiro atoms. The fourth-order valence-electron chi connectivity index (χ4n) is 1.89. The summed E-state index contributed by atoms with van der Waals surface area (Å²) in [5.74, 6) is -0.0156. The lowest BCUT2D eigenvalue weighted by molar-refractivity contribution is 0.0949. The van der Waals surface area contributed by atoms with E-state index in [1.54, 1.807) is 0 Å². The minimum absolute atomic E-state index is 0.0156. The summed E-state index contributed by atoms with van der Waals surface area (Å²) in [6.07, 6.45) is 0. The molecule has 0 heterocycles. The van der Waals surface area contributed by atoms with E-state index in [1.807, 2.05) is 32.0 Å². The Kier molecular flexibility index (Phi) is 6.52. The molecule has 0 aliphatic heterocycles. The van der Waals surface area contributed by atoms with Gasteiger partial charge in [-0.1, -0.05) is 6.07 Å². The predicted octanol–water partition coefficient (Wildman–Crippen LogP) is 2.50. The average Bonchev–Trinajstić information content (AvgIpc) is 2.38. The molecule has 1 amide bonds. The molecule has 0 aromatic heterocycles. The molecule has 20 heavy (non-hydrogen) atoms. The number of hydrogen-bond donors (Lipinski definition) is 2. The van der Waals surface area contributed by atoms with Crippen LogP contribution in [0.4, 0.5) is 5.69 Å². The molecular weight excluding hydrogens is 250 g/mol. The molecule has 0 fully saturated rings. The third-order valence-corrected chi connectivity index (χ3v) is 3.42. The maximum Gasteiger partial charge on any atom is 0.253 e. The molecular formula is C16H27N3O. The predicted molar refractivity (Wildman–Crippen MR) is 85.4 cm³/mol. The van der Waals surface area contributed by atoms with E-state index in [0.29, 0.717) is 18.2 Å². The van der Waals surface area contributed by atoms with Crippen LogP contribution in [0.15, 0.2) is 18.2 Å². The van der Waals surface area contributed by atoms with Gasteiger partial charge in [0.1, 0.15) is 0 Å². The Bertz CT molecular complexity index is 443. The Hall–Kier alpha value is -1.55. The number of aryl methyl sites for hydroxylation is 1. The zero-order valence-corrected chi connectivity index (χ0v) is 13.3. The Morgan fingerprint density at radius 1 is 1.35 bits per heavy atom. The van der Waals surface area contributed by atoms with E-state index >= 15 is 0 Å². The second-order valence-electron chi connectivity index (χ2n) is 5.41. The number of amides is 1. The smallest absolute Gasteiger partial charge is 0.253 e. The van der Waals surface area contributed by atoms with Gasteiger partial charge in [0.25, 0.3) is 5.91 Å². The normalized spacial score (nSPS) is 10.9. The first kappa shape index (κ1) is 16.5. The van der Waals surface area contributed by atoms with Crippen molar-refractivity contribution in [2.75, 3.05) is 32.0 Å². The molecule has 0 bridgehead atoms. The molecule has 4 nitrogen and oxygen atoms in total. The van der Waals surface area contributed by atoms with Crippen molar-refractivity contribution in [3.05, 3.63) is 29.3 Å². The Morgan fingerprint density at radius 2 is 2.05 bits per heavy atom. The number of anilines is 1. The van der Waals surface area contributed by atoms with Crippen molar-refractivity contribution in [1.29, 1.82) is 0 Å². The third kappa shape index (κ3) is 4.85. The highest BCUT2D eigenvalue weighted by molar-refractivity contribution is 5.99. The number of carbonyl (C=O) groups excluding carboxylic acids is 1. The van der Waals surface area contributed by atoms with E-state index in [1.165, 1.54) is 0 Å². The van der Waals surface area contributed by atoms with Gasteiger partial charge in [0.15, 0.2) is 0 Å². The number of likely N-dealkylation sites (N-methyl/N-ethyl adjacent to an activating group) is 1. The molecule has 1 aromatic rings. The van der Waals surface area contributed by atoms with Gasteiger partial charge in [-0.2, -0.15) is 0 Å². The fraction of sp³-hybridized carbons (Fsp3) is 0.562. The molecule has 0 aliphatic carbocycles. The van der Waals surface area contributed by atoms with E-state index in [9.17, 15) is 4.79 Å². The minimum atomic E-state index is -0.0156. The molecule has 4 heteroatoms. The van der Waals surface area contributed by atoms with Crippen LogP contribution >= 0.6 is 0 Å². The van der Waals surface area contributed by atoms with Gasteiger partial charge >= 0.3 is 0 Å². The van der Waals surface area contributed by atoms with Crippen molar-refractivity contribution in [2.24, 2.45) is 0 Å². The Balaban J connectivity index is 2.63. The largest absolute Gasteiger partial charge is 0.385 e. The topological polar surface area (TPSA) is 44.4 Å². The standard InChI is InChI=1S/C16H27N3O/c1-6-17-15-11-13(4)7-8-14(15)16(20)18-9-10-19(5)12(2)3/h7-8,11-12,17H,6,9-10H2,1-5H3,(H,18,20). The quantitative estimate of drug-likeness (QED) is 0.805. The molecule has 0 radical (unpaired) electrons. The molecule has 112 valence electrons. The number of benzene rings is 1. The number of rotatable bonds is 7. The molecule has 0 atom stereocenters. The van der Waals surface area contributed by atoms with Gasteiger partial charge in [0.05, 0.1) is 5.56 Å². The van der Waals surface area contributed by atoms with Gasteiger partial charge in [0, 0.05) is 31.4 Å². The van der Waals surface area contributed by atoms with Gasteiger partial charge < -0.3 is 15.5 Å². The van der Waals surface area contributed by atoms with Crippen LogP contribution in [0, 0.1) is 6.92 Å². The number of carbonyl (C=O) groups is 1. The molecule has 0 unspecified atom stereocenters. The lowest BCUT2D eigenvalue weighted by atomic mass is 10.1. The Morgan fingerprint density at radius 3 is 2.65 bits per heavy atom. The van der Waals surface area contributed by atoms with Crippen molar-refractivity contribution in [3.63, 3.8) is 0 Å². The number of nitrogens with one attached hydrogen (secondary N) is 2. The van der Waals surface area contributed by atoms with Gasteiger partial charge in [-0.15, -0.1) is 0 Å². The van der Waals surface area contributed by atoms with Crippen LogP contribution in [-0.4, -0.2) is 43.5 Å². The van der Waals surface area contributed by atoms with Gasteiger partial charge in [-0.05, 0) is 52.4 Å². The third-order valence-electron chi connectivity index (χ3n) is 3.42. The second-order valence-corrected chi connectivity index (χ2v) is 5.41. The minimum Gasteiger partial charge on any atom is -0.385 e. The fourth-order valence-corrected chi connectivity index (χ4v) is 1.89. The van der Waals surface area contributed by atoms with Crippen LogP contribution in [0.25, 0.3) is 0 Å².